The maximum atomic E-state index is 9.24. The lowest BCUT2D eigenvalue weighted by Crippen LogP contribution is -2.24. The lowest BCUT2D eigenvalue weighted by Gasteiger charge is -2.16. The molecular formula is C23H46O4. The average molecular weight is 387 g/mol. The largest absolute Gasteiger partial charge is 0.394 e. The van der Waals surface area contributed by atoms with E-state index in [2.05, 4.69) is 19.1 Å². The molecule has 0 fully saturated rings. The molecule has 27 heavy (non-hydrogen) atoms. The molecule has 0 heterocycles. The third kappa shape index (κ3) is 20.1. The van der Waals surface area contributed by atoms with Gasteiger partial charge < -0.3 is 19.7 Å². The first-order valence-electron chi connectivity index (χ1n) is 11.3. The number of aliphatic hydroxyl groups is 2. The molecule has 0 amide bonds. The molecule has 4 heteroatoms. The van der Waals surface area contributed by atoms with E-state index >= 15 is 0 Å². The van der Waals surface area contributed by atoms with Gasteiger partial charge in [0.05, 0.1) is 25.9 Å². The Labute approximate surface area is 168 Å². The smallest absolute Gasteiger partial charge is 0.100 e. The van der Waals surface area contributed by atoms with Crippen molar-refractivity contribution in [3.8, 4) is 0 Å². The molecule has 0 aromatic carbocycles. The Balaban J connectivity index is 3.34. The molecule has 0 saturated heterocycles. The van der Waals surface area contributed by atoms with Crippen LogP contribution in [0.3, 0.4) is 0 Å². The number of rotatable bonds is 21. The molecule has 0 aliphatic rings. The lowest BCUT2D eigenvalue weighted by atomic mass is 10.1. The minimum Gasteiger partial charge on any atom is -0.394 e. The van der Waals surface area contributed by atoms with Crippen LogP contribution in [-0.4, -0.2) is 49.4 Å². The molecule has 4 nitrogen and oxygen atoms in total. The van der Waals surface area contributed by atoms with E-state index in [1.54, 1.807) is 7.11 Å². The highest BCUT2D eigenvalue weighted by Crippen LogP contribution is 2.12. The monoisotopic (exact) mass is 386 g/mol. The number of ether oxygens (including phenoxy) is 2. The van der Waals surface area contributed by atoms with Crippen molar-refractivity contribution in [2.45, 2.75) is 109 Å². The minimum absolute atomic E-state index is 0.0841. The average Bonchev–Trinajstić information content (AvgIpc) is 2.69. The minimum atomic E-state index is -0.789. The summed E-state index contributed by atoms with van der Waals surface area (Å²) in [6.45, 7) is 2.66. The van der Waals surface area contributed by atoms with E-state index in [1.165, 1.54) is 77.0 Å². The predicted octanol–water partition coefficient (Wildman–Crippen LogP) is 5.41. The number of hydrogen-bond acceptors (Lipinski definition) is 4. The molecule has 0 saturated carbocycles. The molecule has 0 aromatic rings. The number of unbranched alkanes of at least 4 members (excludes halogenated alkanes) is 11. The van der Waals surface area contributed by atoms with Gasteiger partial charge in [-0.3, -0.25) is 0 Å². The predicted molar refractivity (Wildman–Crippen MR) is 114 cm³/mol. The van der Waals surface area contributed by atoms with Crippen LogP contribution in [0.15, 0.2) is 12.2 Å². The van der Waals surface area contributed by atoms with Gasteiger partial charge in [0, 0.05) is 7.11 Å². The van der Waals surface area contributed by atoms with E-state index in [1.807, 2.05) is 0 Å². The summed E-state index contributed by atoms with van der Waals surface area (Å²) in [6, 6.07) is 0. The third-order valence-corrected chi connectivity index (χ3v) is 4.95. The first kappa shape index (κ1) is 26.6. The van der Waals surface area contributed by atoms with E-state index in [9.17, 15) is 5.11 Å². The van der Waals surface area contributed by atoms with E-state index in [4.69, 9.17) is 14.6 Å². The fraction of sp³-hybridized carbons (Fsp3) is 0.913. The molecule has 0 aromatic heterocycles. The zero-order valence-corrected chi connectivity index (χ0v) is 18.0. The molecule has 0 radical (unpaired) electrons. The van der Waals surface area contributed by atoms with Crippen LogP contribution in [0.1, 0.15) is 96.8 Å². The Morgan fingerprint density at radius 3 is 1.89 bits per heavy atom. The summed E-state index contributed by atoms with van der Waals surface area (Å²) in [5.41, 5.74) is 0. The molecular weight excluding hydrogens is 340 g/mol. The third-order valence-electron chi connectivity index (χ3n) is 4.95. The highest BCUT2D eigenvalue weighted by molar-refractivity contribution is 4.81. The van der Waals surface area contributed by atoms with Crippen LogP contribution < -0.4 is 0 Å². The molecule has 0 spiro atoms. The molecule has 0 bridgehead atoms. The summed E-state index contributed by atoms with van der Waals surface area (Å²) in [4.78, 5) is 0. The van der Waals surface area contributed by atoms with Crippen molar-refractivity contribution < 1.29 is 19.7 Å². The van der Waals surface area contributed by atoms with Gasteiger partial charge in [-0.25, -0.2) is 0 Å². The standard InChI is InChI=1S/C23H46O4/c1-3-4-5-6-7-8-9-10-11-12-13-14-15-16-17-18-23(26-2)21-27-20-22(25)19-24/h10-11,22-25H,3-9,12-21H2,1-2H3/b11-10-/t22-,23+/m0/s1. The number of aliphatic hydroxyl groups excluding tert-OH is 2. The molecule has 0 unspecified atom stereocenters. The highest BCUT2D eigenvalue weighted by atomic mass is 16.5. The van der Waals surface area contributed by atoms with Crippen LogP contribution in [0.25, 0.3) is 0 Å². The van der Waals surface area contributed by atoms with Crippen molar-refractivity contribution in [2.24, 2.45) is 0 Å². The topological polar surface area (TPSA) is 58.9 Å². The van der Waals surface area contributed by atoms with Crippen LogP contribution in [0.5, 0.6) is 0 Å². The van der Waals surface area contributed by atoms with E-state index in [-0.39, 0.29) is 19.3 Å². The maximum Gasteiger partial charge on any atom is 0.100 e. The van der Waals surface area contributed by atoms with Gasteiger partial charge >= 0.3 is 0 Å². The summed E-state index contributed by atoms with van der Waals surface area (Å²) >= 11 is 0. The zero-order chi connectivity index (χ0) is 20.0. The Kier molecular flexibility index (Phi) is 21.5. The second-order valence-electron chi connectivity index (χ2n) is 7.60. The van der Waals surface area contributed by atoms with Crippen LogP contribution in [0, 0.1) is 0 Å². The van der Waals surface area contributed by atoms with Gasteiger partial charge in [-0.05, 0) is 32.1 Å². The normalized spacial score (nSPS) is 14.1. The first-order chi connectivity index (χ1) is 13.2. The fourth-order valence-corrected chi connectivity index (χ4v) is 3.10. The molecule has 162 valence electrons. The summed E-state index contributed by atoms with van der Waals surface area (Å²) in [6.07, 6.45) is 22.0. The summed E-state index contributed by atoms with van der Waals surface area (Å²) in [5.74, 6) is 0. The Bertz CT molecular complexity index is 307. The maximum absolute atomic E-state index is 9.24. The molecule has 0 aliphatic heterocycles. The molecule has 2 atom stereocenters. The van der Waals surface area contributed by atoms with Gasteiger partial charge in [0.2, 0.25) is 0 Å². The van der Waals surface area contributed by atoms with E-state index in [0.717, 1.165) is 12.8 Å². The van der Waals surface area contributed by atoms with Gasteiger partial charge in [0.25, 0.3) is 0 Å². The highest BCUT2D eigenvalue weighted by Gasteiger charge is 2.09. The summed E-state index contributed by atoms with van der Waals surface area (Å²) < 4.78 is 10.8. The van der Waals surface area contributed by atoms with Gasteiger partial charge in [-0.2, -0.15) is 0 Å². The Morgan fingerprint density at radius 1 is 0.778 bits per heavy atom. The van der Waals surface area contributed by atoms with E-state index < -0.39 is 6.10 Å². The molecule has 0 aliphatic carbocycles. The number of allylic oxidation sites excluding steroid dienone is 2. The van der Waals surface area contributed by atoms with Crippen molar-refractivity contribution in [3.05, 3.63) is 12.2 Å². The van der Waals surface area contributed by atoms with Crippen molar-refractivity contribution in [1.82, 2.24) is 0 Å². The molecule has 2 N–H and O–H groups in total. The van der Waals surface area contributed by atoms with Crippen molar-refractivity contribution in [2.75, 3.05) is 26.9 Å². The Morgan fingerprint density at radius 2 is 1.33 bits per heavy atom. The lowest BCUT2D eigenvalue weighted by molar-refractivity contribution is -0.0381. The second-order valence-corrected chi connectivity index (χ2v) is 7.60. The van der Waals surface area contributed by atoms with Crippen molar-refractivity contribution in [1.29, 1.82) is 0 Å². The van der Waals surface area contributed by atoms with Crippen molar-refractivity contribution >= 4 is 0 Å². The zero-order valence-electron chi connectivity index (χ0n) is 18.0. The number of hydrogen-bond donors (Lipinski definition) is 2. The van der Waals surface area contributed by atoms with Crippen molar-refractivity contribution in [3.63, 3.8) is 0 Å². The van der Waals surface area contributed by atoms with Gasteiger partial charge in [-0.1, -0.05) is 76.9 Å². The van der Waals surface area contributed by atoms with Crippen LogP contribution in [0.4, 0.5) is 0 Å². The van der Waals surface area contributed by atoms with Gasteiger partial charge in [0.15, 0.2) is 0 Å². The SMILES string of the molecule is CCCCCCCC/C=C\CCCCCCC[C@H](COC[C@@H](O)CO)OC. The van der Waals surface area contributed by atoms with Gasteiger partial charge in [0.1, 0.15) is 6.10 Å². The quantitative estimate of drug-likeness (QED) is 0.205. The number of methoxy groups -OCH3 is 1. The van der Waals surface area contributed by atoms with Crippen LogP contribution in [0.2, 0.25) is 0 Å². The van der Waals surface area contributed by atoms with Gasteiger partial charge in [-0.15, -0.1) is 0 Å². The second kappa shape index (κ2) is 21.9. The van der Waals surface area contributed by atoms with E-state index in [0.29, 0.717) is 6.61 Å². The van der Waals surface area contributed by atoms with Crippen LogP contribution >= 0.6 is 0 Å². The summed E-state index contributed by atoms with van der Waals surface area (Å²) in [7, 11) is 1.70. The van der Waals surface area contributed by atoms with Crippen LogP contribution in [-0.2, 0) is 9.47 Å². The fourth-order valence-electron chi connectivity index (χ4n) is 3.10. The Hall–Kier alpha value is -0.420. The summed E-state index contributed by atoms with van der Waals surface area (Å²) in [5, 5.41) is 18.0. The molecule has 0 rings (SSSR count). The first-order valence-corrected chi connectivity index (χ1v) is 11.3.